The lowest BCUT2D eigenvalue weighted by Gasteiger charge is -2.29. The van der Waals surface area contributed by atoms with Crippen LogP contribution >= 0.6 is 0 Å². The zero-order valence-electron chi connectivity index (χ0n) is 12.6. The molecule has 0 aromatic carbocycles. The third kappa shape index (κ3) is 5.90. The third-order valence-corrected chi connectivity index (χ3v) is 2.41. The highest BCUT2D eigenvalue weighted by Crippen LogP contribution is 2.10. The number of carbonyl (C=O) groups excluding carboxylic acids is 2. The van der Waals surface area contributed by atoms with Crippen LogP contribution in [0.3, 0.4) is 0 Å². The molecule has 0 aromatic rings. The van der Waals surface area contributed by atoms with E-state index in [0.29, 0.717) is 32.1 Å². The number of nitrogens with one attached hydrogen (secondary N) is 1. The average molecular weight is 285 g/mol. The van der Waals surface area contributed by atoms with Crippen LogP contribution in [0.4, 0.5) is 4.79 Å². The van der Waals surface area contributed by atoms with Crippen molar-refractivity contribution in [3.63, 3.8) is 0 Å². The molecule has 0 atom stereocenters. The zero-order chi connectivity index (χ0) is 15.2. The van der Waals surface area contributed by atoms with Gasteiger partial charge in [-0.15, -0.1) is 0 Å². The van der Waals surface area contributed by atoms with Crippen LogP contribution in [-0.2, 0) is 14.3 Å². The Labute approximate surface area is 119 Å². The summed E-state index contributed by atoms with van der Waals surface area (Å²) in [5.41, 5.74) is -0.524. The van der Waals surface area contributed by atoms with Crippen molar-refractivity contribution < 1.29 is 19.1 Å². The smallest absolute Gasteiger partial charge is 0.410 e. The number of amides is 1. The highest BCUT2D eigenvalue weighted by atomic mass is 16.6. The Morgan fingerprint density at radius 1 is 1.40 bits per heavy atom. The second-order valence-corrected chi connectivity index (χ2v) is 5.39. The lowest BCUT2D eigenvalue weighted by Crippen LogP contribution is -2.48. The van der Waals surface area contributed by atoms with E-state index >= 15 is 0 Å². The molecule has 1 heterocycles. The van der Waals surface area contributed by atoms with E-state index in [4.69, 9.17) is 9.47 Å². The van der Waals surface area contributed by atoms with Crippen LogP contribution in [-0.4, -0.2) is 61.2 Å². The lowest BCUT2D eigenvalue weighted by molar-refractivity contribution is -0.141. The minimum Gasteiger partial charge on any atom is -0.465 e. The van der Waals surface area contributed by atoms with Crippen molar-refractivity contribution in [1.82, 2.24) is 10.2 Å². The summed E-state index contributed by atoms with van der Waals surface area (Å²) in [6.07, 6.45) is -0.372. The lowest BCUT2D eigenvalue weighted by atomic mass is 10.2. The van der Waals surface area contributed by atoms with Crippen molar-refractivity contribution in [2.24, 2.45) is 4.99 Å². The second-order valence-electron chi connectivity index (χ2n) is 5.39. The fourth-order valence-corrected chi connectivity index (χ4v) is 1.60. The second kappa shape index (κ2) is 7.12. The van der Waals surface area contributed by atoms with Gasteiger partial charge in [0, 0.05) is 6.54 Å². The highest BCUT2D eigenvalue weighted by molar-refractivity contribution is 5.90. The number of nitrogens with zero attached hydrogens (tertiary/aromatic N) is 2. The van der Waals surface area contributed by atoms with Gasteiger partial charge in [0.15, 0.2) is 0 Å². The molecule has 7 heteroatoms. The van der Waals surface area contributed by atoms with E-state index in [-0.39, 0.29) is 18.6 Å². The van der Waals surface area contributed by atoms with Crippen molar-refractivity contribution in [2.45, 2.75) is 33.3 Å². The number of hydrogen-bond acceptors (Lipinski definition) is 6. The van der Waals surface area contributed by atoms with Crippen molar-refractivity contribution in [3.8, 4) is 0 Å². The summed E-state index contributed by atoms with van der Waals surface area (Å²) in [6.45, 7) is 8.93. The van der Waals surface area contributed by atoms with Crippen LogP contribution in [0.5, 0.6) is 0 Å². The predicted octanol–water partition coefficient (Wildman–Crippen LogP) is 0.788. The summed E-state index contributed by atoms with van der Waals surface area (Å²) < 4.78 is 10.1. The molecule has 114 valence electrons. The van der Waals surface area contributed by atoms with E-state index in [0.717, 1.165) is 0 Å². The molecule has 0 bridgehead atoms. The Morgan fingerprint density at radius 2 is 2.10 bits per heavy atom. The summed E-state index contributed by atoms with van der Waals surface area (Å²) in [4.78, 5) is 29.0. The van der Waals surface area contributed by atoms with Gasteiger partial charge in [-0.05, 0) is 27.7 Å². The maximum Gasteiger partial charge on any atom is 0.410 e. The van der Waals surface area contributed by atoms with Gasteiger partial charge < -0.3 is 14.8 Å². The van der Waals surface area contributed by atoms with Gasteiger partial charge in [-0.25, -0.2) is 4.79 Å². The summed E-state index contributed by atoms with van der Waals surface area (Å²) in [6, 6.07) is 0. The topological polar surface area (TPSA) is 80.2 Å². The number of rotatable bonds is 3. The molecule has 0 radical (unpaired) electrons. The van der Waals surface area contributed by atoms with Crippen LogP contribution in [0.1, 0.15) is 27.7 Å². The first-order chi connectivity index (χ1) is 9.31. The van der Waals surface area contributed by atoms with Gasteiger partial charge in [0.1, 0.15) is 18.0 Å². The fourth-order valence-electron chi connectivity index (χ4n) is 1.60. The van der Waals surface area contributed by atoms with Crippen LogP contribution in [0.15, 0.2) is 4.99 Å². The maximum atomic E-state index is 11.9. The van der Waals surface area contributed by atoms with E-state index in [2.05, 4.69) is 10.3 Å². The molecule has 1 aliphatic rings. The van der Waals surface area contributed by atoms with E-state index in [9.17, 15) is 9.59 Å². The summed E-state index contributed by atoms with van der Waals surface area (Å²) in [7, 11) is 0. The standard InChI is InChI=1S/C13H23N3O4/c1-5-19-11(17)8-15-10-9-16(7-6-14-10)12(18)20-13(2,3)4/h5-9H2,1-4H3,(H,14,15). The Hall–Kier alpha value is -1.79. The Kier molecular flexibility index (Phi) is 5.79. The van der Waals surface area contributed by atoms with Crippen molar-refractivity contribution in [2.75, 3.05) is 32.8 Å². The molecule has 1 amide bonds. The van der Waals surface area contributed by atoms with Crippen molar-refractivity contribution in [3.05, 3.63) is 0 Å². The summed E-state index contributed by atoms with van der Waals surface area (Å²) in [5, 5.41) is 2.88. The first kappa shape index (κ1) is 16.3. The number of esters is 1. The first-order valence-electron chi connectivity index (χ1n) is 6.72. The Balaban J connectivity index is 2.44. The molecule has 1 aliphatic heterocycles. The predicted molar refractivity (Wildman–Crippen MR) is 74.7 cm³/mol. The molecule has 0 unspecified atom stereocenters. The van der Waals surface area contributed by atoms with Gasteiger partial charge in [0.25, 0.3) is 0 Å². The zero-order valence-corrected chi connectivity index (χ0v) is 12.6. The molecule has 1 N–H and O–H groups in total. The normalized spacial score (nSPS) is 15.4. The van der Waals surface area contributed by atoms with Crippen LogP contribution in [0, 0.1) is 0 Å². The molecular weight excluding hydrogens is 262 g/mol. The van der Waals surface area contributed by atoms with E-state index in [1.165, 1.54) is 0 Å². The van der Waals surface area contributed by atoms with E-state index in [1.807, 2.05) is 20.8 Å². The largest absolute Gasteiger partial charge is 0.465 e. The van der Waals surface area contributed by atoms with Gasteiger partial charge in [-0.1, -0.05) is 0 Å². The van der Waals surface area contributed by atoms with E-state index < -0.39 is 5.60 Å². The molecule has 0 saturated carbocycles. The minimum atomic E-state index is -0.524. The van der Waals surface area contributed by atoms with Crippen molar-refractivity contribution in [1.29, 1.82) is 0 Å². The van der Waals surface area contributed by atoms with Crippen LogP contribution < -0.4 is 5.32 Å². The third-order valence-electron chi connectivity index (χ3n) is 2.41. The average Bonchev–Trinajstić information content (AvgIpc) is 2.35. The van der Waals surface area contributed by atoms with Gasteiger partial charge in [-0.3, -0.25) is 14.7 Å². The fraction of sp³-hybridized carbons (Fsp3) is 0.769. The summed E-state index contributed by atoms with van der Waals surface area (Å²) in [5.74, 6) is 0.250. The molecule has 0 saturated heterocycles. The number of carbonyl (C=O) groups is 2. The number of amidine groups is 1. The van der Waals surface area contributed by atoms with Crippen LogP contribution in [0.2, 0.25) is 0 Å². The molecule has 20 heavy (non-hydrogen) atoms. The van der Waals surface area contributed by atoms with Gasteiger partial charge in [0.05, 0.1) is 19.7 Å². The Morgan fingerprint density at radius 3 is 2.70 bits per heavy atom. The maximum absolute atomic E-state index is 11.9. The van der Waals surface area contributed by atoms with Gasteiger partial charge in [-0.2, -0.15) is 0 Å². The van der Waals surface area contributed by atoms with Gasteiger partial charge >= 0.3 is 12.1 Å². The Bertz CT molecular complexity index is 388. The molecule has 7 nitrogen and oxygen atoms in total. The monoisotopic (exact) mass is 285 g/mol. The molecule has 0 aliphatic carbocycles. The molecule has 0 spiro atoms. The SMILES string of the molecule is CCOC(=O)CNC1=NCCN(C(=O)OC(C)(C)C)C1. The molecule has 0 fully saturated rings. The molecule has 1 rings (SSSR count). The minimum absolute atomic E-state index is 0.0504. The number of aliphatic imine (C=N–C) groups is 1. The van der Waals surface area contributed by atoms with Crippen molar-refractivity contribution >= 4 is 17.9 Å². The summed E-state index contributed by atoms with van der Waals surface area (Å²) >= 11 is 0. The van der Waals surface area contributed by atoms with Gasteiger partial charge in [0.2, 0.25) is 0 Å². The number of ether oxygens (including phenoxy) is 2. The van der Waals surface area contributed by atoms with Crippen LogP contribution in [0.25, 0.3) is 0 Å². The quantitative estimate of drug-likeness (QED) is 0.775. The molecular formula is C13H23N3O4. The first-order valence-corrected chi connectivity index (χ1v) is 6.72. The number of hydrogen-bond donors (Lipinski definition) is 1. The molecule has 0 aromatic heterocycles. The highest BCUT2D eigenvalue weighted by Gasteiger charge is 2.25. The van der Waals surface area contributed by atoms with E-state index in [1.54, 1.807) is 11.8 Å².